The highest BCUT2D eigenvalue weighted by Crippen LogP contribution is 2.18. The van der Waals surface area contributed by atoms with Gasteiger partial charge in [-0.3, -0.25) is 0 Å². The normalized spacial score (nSPS) is 9.82. The van der Waals surface area contributed by atoms with Crippen molar-refractivity contribution < 1.29 is 18.7 Å². The highest BCUT2D eigenvalue weighted by Gasteiger charge is 2.04. The summed E-state index contributed by atoms with van der Waals surface area (Å²) in [6, 6.07) is 4.77. The van der Waals surface area contributed by atoms with Crippen LogP contribution >= 0.6 is 0 Å². The molecule has 17 heavy (non-hydrogen) atoms. The summed E-state index contributed by atoms with van der Waals surface area (Å²) >= 11 is 0. The van der Waals surface area contributed by atoms with Crippen molar-refractivity contribution in [2.24, 2.45) is 0 Å². The molecule has 1 aromatic carbocycles. The second-order valence-corrected chi connectivity index (χ2v) is 3.37. The van der Waals surface area contributed by atoms with Crippen molar-refractivity contribution in [3.8, 4) is 5.75 Å². The third-order valence-corrected chi connectivity index (χ3v) is 2.16. The first-order valence-corrected chi connectivity index (χ1v) is 5.40. The SMILES string of the molecule is CCOc1ccc(CCNC(=O)OC)cc1F. The molecule has 0 spiro atoms. The van der Waals surface area contributed by atoms with E-state index in [0.29, 0.717) is 19.6 Å². The van der Waals surface area contributed by atoms with Gasteiger partial charge in [0, 0.05) is 6.54 Å². The van der Waals surface area contributed by atoms with Crippen molar-refractivity contribution >= 4 is 6.09 Å². The monoisotopic (exact) mass is 241 g/mol. The maximum absolute atomic E-state index is 13.5. The number of benzene rings is 1. The molecular formula is C12H16FNO3. The number of hydrogen-bond donors (Lipinski definition) is 1. The molecule has 1 aromatic rings. The van der Waals surface area contributed by atoms with E-state index in [-0.39, 0.29) is 11.6 Å². The molecule has 0 atom stereocenters. The predicted octanol–water partition coefficient (Wildman–Crippen LogP) is 2.12. The summed E-state index contributed by atoms with van der Waals surface area (Å²) in [6.45, 7) is 2.63. The van der Waals surface area contributed by atoms with Crippen LogP contribution in [0, 0.1) is 5.82 Å². The van der Waals surface area contributed by atoms with Crippen LogP contribution in [0.2, 0.25) is 0 Å². The van der Waals surface area contributed by atoms with Crippen molar-refractivity contribution in [3.63, 3.8) is 0 Å². The Bertz CT molecular complexity index is 382. The van der Waals surface area contributed by atoms with Crippen LogP contribution in [0.5, 0.6) is 5.75 Å². The van der Waals surface area contributed by atoms with Gasteiger partial charge in [-0.2, -0.15) is 0 Å². The number of hydrogen-bond acceptors (Lipinski definition) is 3. The van der Waals surface area contributed by atoms with Crippen molar-refractivity contribution in [1.29, 1.82) is 0 Å². The lowest BCUT2D eigenvalue weighted by molar-refractivity contribution is 0.171. The zero-order valence-electron chi connectivity index (χ0n) is 9.96. The first kappa shape index (κ1) is 13.3. The Morgan fingerprint density at radius 3 is 2.82 bits per heavy atom. The second-order valence-electron chi connectivity index (χ2n) is 3.37. The highest BCUT2D eigenvalue weighted by molar-refractivity contribution is 5.66. The van der Waals surface area contributed by atoms with Crippen LogP contribution < -0.4 is 10.1 Å². The van der Waals surface area contributed by atoms with Crippen molar-refractivity contribution in [1.82, 2.24) is 5.32 Å². The molecule has 0 saturated carbocycles. The van der Waals surface area contributed by atoms with E-state index in [2.05, 4.69) is 10.1 Å². The van der Waals surface area contributed by atoms with Gasteiger partial charge in [-0.05, 0) is 31.0 Å². The van der Waals surface area contributed by atoms with Gasteiger partial charge in [0.15, 0.2) is 11.6 Å². The standard InChI is InChI=1S/C12H16FNO3/c1-3-17-11-5-4-9(8-10(11)13)6-7-14-12(15)16-2/h4-5,8H,3,6-7H2,1-2H3,(H,14,15). The van der Waals surface area contributed by atoms with Gasteiger partial charge in [-0.1, -0.05) is 6.07 Å². The number of ether oxygens (including phenoxy) is 2. The summed E-state index contributed by atoms with van der Waals surface area (Å²) in [5.41, 5.74) is 0.794. The molecule has 0 fully saturated rings. The first-order chi connectivity index (χ1) is 8.17. The van der Waals surface area contributed by atoms with Gasteiger partial charge in [0.2, 0.25) is 0 Å². The summed E-state index contributed by atoms with van der Waals surface area (Å²) in [7, 11) is 1.30. The zero-order chi connectivity index (χ0) is 12.7. The molecule has 0 unspecified atom stereocenters. The van der Waals surface area contributed by atoms with Crippen LogP contribution in [0.1, 0.15) is 12.5 Å². The van der Waals surface area contributed by atoms with E-state index in [1.807, 2.05) is 0 Å². The largest absolute Gasteiger partial charge is 0.491 e. The predicted molar refractivity (Wildman–Crippen MR) is 61.7 cm³/mol. The maximum Gasteiger partial charge on any atom is 0.406 e. The van der Waals surface area contributed by atoms with E-state index in [1.165, 1.54) is 13.2 Å². The molecule has 0 aliphatic heterocycles. The minimum Gasteiger partial charge on any atom is -0.491 e. The van der Waals surface area contributed by atoms with Gasteiger partial charge in [0.05, 0.1) is 13.7 Å². The third-order valence-electron chi connectivity index (χ3n) is 2.16. The smallest absolute Gasteiger partial charge is 0.406 e. The Kier molecular flexibility index (Phi) is 5.26. The second kappa shape index (κ2) is 6.73. The summed E-state index contributed by atoms with van der Waals surface area (Å²) in [6.07, 6.45) is 0.0507. The quantitative estimate of drug-likeness (QED) is 0.859. The summed E-state index contributed by atoms with van der Waals surface area (Å²) in [4.78, 5) is 10.8. The Labute approximate surface area is 99.7 Å². The van der Waals surface area contributed by atoms with Crippen LogP contribution in [0.4, 0.5) is 9.18 Å². The number of methoxy groups -OCH3 is 1. The molecule has 0 aromatic heterocycles. The molecule has 0 radical (unpaired) electrons. The number of alkyl carbamates (subject to hydrolysis) is 1. The van der Waals surface area contributed by atoms with Gasteiger partial charge in [-0.25, -0.2) is 9.18 Å². The molecule has 0 heterocycles. The van der Waals surface area contributed by atoms with E-state index < -0.39 is 6.09 Å². The van der Waals surface area contributed by atoms with Crippen molar-refractivity contribution in [3.05, 3.63) is 29.6 Å². The van der Waals surface area contributed by atoms with Crippen molar-refractivity contribution in [2.75, 3.05) is 20.3 Å². The Morgan fingerprint density at radius 2 is 2.24 bits per heavy atom. The van der Waals surface area contributed by atoms with Crippen LogP contribution in [0.15, 0.2) is 18.2 Å². The number of carbonyl (C=O) groups is 1. The Morgan fingerprint density at radius 1 is 1.47 bits per heavy atom. The molecular weight excluding hydrogens is 225 g/mol. The molecule has 5 heteroatoms. The number of rotatable bonds is 5. The maximum atomic E-state index is 13.5. The van der Waals surface area contributed by atoms with Gasteiger partial charge in [0.1, 0.15) is 0 Å². The average Bonchev–Trinajstić information content (AvgIpc) is 2.32. The van der Waals surface area contributed by atoms with Crippen LogP contribution in [0.25, 0.3) is 0 Å². The molecule has 1 rings (SSSR count). The fourth-order valence-electron chi connectivity index (χ4n) is 1.35. The minimum absolute atomic E-state index is 0.247. The summed E-state index contributed by atoms with van der Waals surface area (Å²) < 4.78 is 23.0. The third kappa shape index (κ3) is 4.30. The zero-order valence-corrected chi connectivity index (χ0v) is 9.96. The molecule has 1 amide bonds. The first-order valence-electron chi connectivity index (χ1n) is 5.40. The highest BCUT2D eigenvalue weighted by atomic mass is 19.1. The van der Waals surface area contributed by atoms with Gasteiger partial charge >= 0.3 is 6.09 Å². The number of carbonyl (C=O) groups excluding carboxylic acids is 1. The van der Waals surface area contributed by atoms with Gasteiger partial charge < -0.3 is 14.8 Å². The van der Waals surface area contributed by atoms with Gasteiger partial charge in [-0.15, -0.1) is 0 Å². The topological polar surface area (TPSA) is 47.6 Å². The molecule has 1 N–H and O–H groups in total. The molecule has 0 saturated heterocycles. The number of amides is 1. The van der Waals surface area contributed by atoms with Crippen LogP contribution in [-0.4, -0.2) is 26.4 Å². The molecule has 0 bridgehead atoms. The van der Waals surface area contributed by atoms with E-state index in [0.717, 1.165) is 5.56 Å². The van der Waals surface area contributed by atoms with E-state index >= 15 is 0 Å². The fraction of sp³-hybridized carbons (Fsp3) is 0.417. The summed E-state index contributed by atoms with van der Waals surface area (Å²) in [5, 5.41) is 2.53. The Balaban J connectivity index is 2.50. The lowest BCUT2D eigenvalue weighted by Gasteiger charge is -2.07. The Hall–Kier alpha value is -1.78. The molecule has 94 valence electrons. The molecule has 0 aliphatic rings. The van der Waals surface area contributed by atoms with E-state index in [4.69, 9.17) is 4.74 Å². The lowest BCUT2D eigenvalue weighted by atomic mass is 10.1. The van der Waals surface area contributed by atoms with Crippen LogP contribution in [-0.2, 0) is 11.2 Å². The summed E-state index contributed by atoms with van der Waals surface area (Å²) in [5.74, 6) is -0.139. The number of nitrogens with one attached hydrogen (secondary N) is 1. The van der Waals surface area contributed by atoms with Crippen LogP contribution in [0.3, 0.4) is 0 Å². The minimum atomic E-state index is -0.489. The molecule has 0 aliphatic carbocycles. The van der Waals surface area contributed by atoms with Crippen molar-refractivity contribution in [2.45, 2.75) is 13.3 Å². The molecule has 4 nitrogen and oxygen atoms in total. The average molecular weight is 241 g/mol. The van der Waals surface area contributed by atoms with E-state index in [9.17, 15) is 9.18 Å². The lowest BCUT2D eigenvalue weighted by Crippen LogP contribution is -2.25. The van der Waals surface area contributed by atoms with Gasteiger partial charge in [0.25, 0.3) is 0 Å². The number of halogens is 1. The fourth-order valence-corrected chi connectivity index (χ4v) is 1.35. The van der Waals surface area contributed by atoms with E-state index in [1.54, 1.807) is 19.1 Å².